The monoisotopic (exact) mass is 515 g/mol. The van der Waals surface area contributed by atoms with Gasteiger partial charge < -0.3 is 15.2 Å². The van der Waals surface area contributed by atoms with Crippen molar-refractivity contribution in [3.05, 3.63) is 71.4 Å². The number of ether oxygens (including phenoxy) is 1. The number of carboxylic acids is 1. The summed E-state index contributed by atoms with van der Waals surface area (Å²) in [4.78, 5) is 23.3. The van der Waals surface area contributed by atoms with Gasteiger partial charge in [-0.2, -0.15) is 5.10 Å². The van der Waals surface area contributed by atoms with E-state index in [0.29, 0.717) is 29.3 Å². The number of halogens is 3. The van der Waals surface area contributed by atoms with E-state index in [1.165, 1.54) is 25.5 Å². The van der Waals surface area contributed by atoms with Crippen molar-refractivity contribution in [3.63, 3.8) is 0 Å². The van der Waals surface area contributed by atoms with Gasteiger partial charge in [-0.3, -0.25) is 14.3 Å². The highest BCUT2D eigenvalue weighted by atomic mass is 19.4. The van der Waals surface area contributed by atoms with Gasteiger partial charge in [0.1, 0.15) is 11.8 Å². The number of hydrogen-bond donors (Lipinski definition) is 2. The summed E-state index contributed by atoms with van der Waals surface area (Å²) < 4.78 is 43.4. The molecule has 0 radical (unpaired) electrons. The van der Waals surface area contributed by atoms with E-state index in [1.54, 1.807) is 36.4 Å². The maximum absolute atomic E-state index is 12.5. The lowest BCUT2D eigenvalue weighted by Gasteiger charge is -2.22. The number of alkyl halides is 3. The molecule has 10 heteroatoms. The lowest BCUT2D eigenvalue weighted by Crippen LogP contribution is -2.38. The van der Waals surface area contributed by atoms with Gasteiger partial charge in [0.05, 0.1) is 12.2 Å². The van der Waals surface area contributed by atoms with Crippen LogP contribution in [0.4, 0.5) is 13.2 Å². The molecule has 0 aliphatic heterocycles. The van der Waals surface area contributed by atoms with Crippen LogP contribution in [0.15, 0.2) is 54.6 Å². The third kappa shape index (κ3) is 6.90. The van der Waals surface area contributed by atoms with Crippen molar-refractivity contribution in [2.75, 3.05) is 0 Å². The average molecular weight is 516 g/mol. The maximum atomic E-state index is 12.5. The van der Waals surface area contributed by atoms with E-state index < -0.39 is 24.3 Å². The normalized spacial score (nSPS) is 15.2. The van der Waals surface area contributed by atoms with Crippen LogP contribution >= 0.6 is 0 Å². The number of carboxylic acid groups (broad SMARTS) is 1. The van der Waals surface area contributed by atoms with Crippen LogP contribution < -0.4 is 10.1 Å². The molecular formula is C27H28F3N3O4. The van der Waals surface area contributed by atoms with Crippen LogP contribution in [0.1, 0.15) is 66.6 Å². The molecule has 1 fully saturated rings. The number of amides is 1. The summed E-state index contributed by atoms with van der Waals surface area (Å²) >= 11 is 0. The number of rotatable bonds is 8. The second-order valence-electron chi connectivity index (χ2n) is 9.25. The summed E-state index contributed by atoms with van der Waals surface area (Å²) in [6, 6.07) is 13.6. The molecule has 37 heavy (non-hydrogen) atoms. The zero-order valence-corrected chi connectivity index (χ0v) is 20.3. The fourth-order valence-corrected chi connectivity index (χ4v) is 4.53. The fourth-order valence-electron chi connectivity index (χ4n) is 4.53. The van der Waals surface area contributed by atoms with Gasteiger partial charge in [-0.05, 0) is 67.8 Å². The molecule has 2 N–H and O–H groups in total. The van der Waals surface area contributed by atoms with Crippen LogP contribution in [-0.2, 0) is 11.3 Å². The van der Waals surface area contributed by atoms with Gasteiger partial charge in [0.25, 0.3) is 5.91 Å². The van der Waals surface area contributed by atoms with Crippen molar-refractivity contribution in [2.45, 2.75) is 63.9 Å². The van der Waals surface area contributed by atoms with Gasteiger partial charge in [-0.25, -0.2) is 0 Å². The quantitative estimate of drug-likeness (QED) is 0.399. The Hall–Kier alpha value is -3.82. The van der Waals surface area contributed by atoms with Gasteiger partial charge in [-0.15, -0.1) is 13.2 Å². The molecule has 1 aromatic heterocycles. The van der Waals surface area contributed by atoms with Gasteiger partial charge in [0.2, 0.25) is 0 Å². The molecule has 2 aromatic carbocycles. The topological polar surface area (TPSA) is 93.5 Å². The molecule has 196 valence electrons. The van der Waals surface area contributed by atoms with E-state index in [9.17, 15) is 22.8 Å². The standard InChI is InChI=1S/C27H28F3N3O4/c1-17(26(35)36)31-25(34)21-9-7-18(8-10-21)16-33-24(20-5-3-2-4-6-20)15-23(32-33)19-11-13-22(14-12-19)37-27(28,29)30/h7-15,17,20H,2-6,16H2,1H3,(H,31,34)(H,35,36)/t17-/m0/s1. The van der Waals surface area contributed by atoms with E-state index in [4.69, 9.17) is 10.2 Å². The summed E-state index contributed by atoms with van der Waals surface area (Å²) in [6.07, 6.45) is 0.805. The number of carbonyl (C=O) groups excluding carboxylic acids is 1. The van der Waals surface area contributed by atoms with Crippen LogP contribution in [-0.4, -0.2) is 39.2 Å². The highest BCUT2D eigenvalue weighted by Gasteiger charge is 2.31. The molecule has 1 aliphatic rings. The summed E-state index contributed by atoms with van der Waals surface area (Å²) in [5, 5.41) is 16.2. The number of nitrogens with zero attached hydrogens (tertiary/aromatic N) is 2. The minimum absolute atomic E-state index is 0.287. The third-order valence-electron chi connectivity index (χ3n) is 6.48. The second kappa shape index (κ2) is 11.1. The van der Waals surface area contributed by atoms with E-state index in [1.807, 2.05) is 10.7 Å². The Labute approximate surface area is 212 Å². The maximum Gasteiger partial charge on any atom is 0.573 e. The molecule has 0 unspecified atom stereocenters. The van der Waals surface area contributed by atoms with E-state index >= 15 is 0 Å². The second-order valence-corrected chi connectivity index (χ2v) is 9.25. The molecule has 4 rings (SSSR count). The molecule has 7 nitrogen and oxygen atoms in total. The van der Waals surface area contributed by atoms with Crippen LogP contribution in [0.3, 0.4) is 0 Å². The molecule has 1 aliphatic carbocycles. The van der Waals surface area contributed by atoms with Crippen molar-refractivity contribution in [1.29, 1.82) is 0 Å². The van der Waals surface area contributed by atoms with Gasteiger partial charge in [-0.1, -0.05) is 31.4 Å². The highest BCUT2D eigenvalue weighted by molar-refractivity contribution is 5.96. The summed E-state index contributed by atoms with van der Waals surface area (Å²) in [6.45, 7) is 1.85. The molecule has 3 aromatic rings. The molecule has 0 saturated heterocycles. The smallest absolute Gasteiger partial charge is 0.480 e. The Kier molecular flexibility index (Phi) is 7.85. The molecule has 0 spiro atoms. The van der Waals surface area contributed by atoms with E-state index in [0.717, 1.165) is 36.9 Å². The minimum atomic E-state index is -4.75. The van der Waals surface area contributed by atoms with Crippen LogP contribution in [0, 0.1) is 0 Å². The number of benzene rings is 2. The molecule has 0 bridgehead atoms. The Bertz CT molecular complexity index is 1230. The lowest BCUT2D eigenvalue weighted by atomic mass is 9.86. The van der Waals surface area contributed by atoms with Crippen molar-refractivity contribution < 1.29 is 32.6 Å². The van der Waals surface area contributed by atoms with Gasteiger partial charge in [0.15, 0.2) is 0 Å². The zero-order chi connectivity index (χ0) is 26.6. The Balaban J connectivity index is 1.55. The SMILES string of the molecule is C[C@H](NC(=O)c1ccc(Cn2nc(-c3ccc(OC(F)(F)F)cc3)cc2C2CCCCC2)cc1)C(=O)O. The predicted molar refractivity (Wildman–Crippen MR) is 130 cm³/mol. The van der Waals surface area contributed by atoms with Crippen LogP contribution in [0.2, 0.25) is 0 Å². The number of aliphatic carboxylic acids is 1. The molecular weight excluding hydrogens is 487 g/mol. The van der Waals surface area contributed by atoms with Crippen molar-refractivity contribution in [3.8, 4) is 17.0 Å². The zero-order valence-electron chi connectivity index (χ0n) is 20.3. The first-order valence-electron chi connectivity index (χ1n) is 12.2. The lowest BCUT2D eigenvalue weighted by molar-refractivity contribution is -0.274. The van der Waals surface area contributed by atoms with Crippen molar-refractivity contribution in [2.24, 2.45) is 0 Å². The average Bonchev–Trinajstić information content (AvgIpc) is 3.28. The largest absolute Gasteiger partial charge is 0.573 e. The van der Waals surface area contributed by atoms with Crippen molar-refractivity contribution in [1.82, 2.24) is 15.1 Å². The molecule has 1 atom stereocenters. The molecule has 1 saturated carbocycles. The molecule has 1 heterocycles. The summed E-state index contributed by atoms with van der Waals surface area (Å²) in [7, 11) is 0. The number of nitrogens with one attached hydrogen (secondary N) is 1. The number of aromatic nitrogens is 2. The Morgan fingerprint density at radius 3 is 2.32 bits per heavy atom. The first-order chi connectivity index (χ1) is 17.6. The van der Waals surface area contributed by atoms with Gasteiger partial charge in [0, 0.05) is 22.7 Å². The van der Waals surface area contributed by atoms with Gasteiger partial charge >= 0.3 is 12.3 Å². The van der Waals surface area contributed by atoms with E-state index in [-0.39, 0.29) is 5.75 Å². The summed E-state index contributed by atoms with van der Waals surface area (Å²) in [5.74, 6) is -1.53. The fraction of sp³-hybridized carbons (Fsp3) is 0.370. The number of hydrogen-bond acceptors (Lipinski definition) is 4. The first-order valence-corrected chi connectivity index (χ1v) is 12.2. The molecule has 1 amide bonds. The highest BCUT2D eigenvalue weighted by Crippen LogP contribution is 2.35. The van der Waals surface area contributed by atoms with Crippen molar-refractivity contribution >= 4 is 11.9 Å². The number of carbonyl (C=O) groups is 2. The Morgan fingerprint density at radius 1 is 1.08 bits per heavy atom. The minimum Gasteiger partial charge on any atom is -0.480 e. The third-order valence-corrected chi connectivity index (χ3v) is 6.48. The van der Waals surface area contributed by atoms with Crippen LogP contribution in [0.5, 0.6) is 5.75 Å². The van der Waals surface area contributed by atoms with E-state index in [2.05, 4.69) is 10.1 Å². The van der Waals surface area contributed by atoms with Crippen LogP contribution in [0.25, 0.3) is 11.3 Å². The summed E-state index contributed by atoms with van der Waals surface area (Å²) in [5.41, 5.74) is 3.68. The predicted octanol–water partition coefficient (Wildman–Crippen LogP) is 5.75. The first kappa shape index (κ1) is 26.2. The Morgan fingerprint density at radius 2 is 1.73 bits per heavy atom.